The average molecular weight is 220 g/mol. The van der Waals surface area contributed by atoms with Crippen LogP contribution in [0, 0.1) is 5.41 Å². The van der Waals surface area contributed by atoms with Crippen molar-refractivity contribution in [2.24, 2.45) is 5.41 Å². The van der Waals surface area contributed by atoms with Crippen LogP contribution in [-0.4, -0.2) is 9.97 Å². The molecule has 1 rings (SSSR count). The summed E-state index contributed by atoms with van der Waals surface area (Å²) in [5, 5.41) is 0. The maximum atomic E-state index is 4.58. The first-order valence-corrected chi connectivity index (χ1v) is 5.99. The monoisotopic (exact) mass is 220 g/mol. The second kappa shape index (κ2) is 4.15. The number of rotatable bonds is 2. The minimum absolute atomic E-state index is 0.0286. The Morgan fingerprint density at radius 3 is 1.88 bits per heavy atom. The van der Waals surface area contributed by atoms with E-state index in [1.165, 1.54) is 0 Å². The second-order valence-electron chi connectivity index (χ2n) is 6.32. The van der Waals surface area contributed by atoms with E-state index in [2.05, 4.69) is 58.4 Å². The molecule has 1 heterocycles. The molecule has 0 unspecified atom stereocenters. The molecule has 2 nitrogen and oxygen atoms in total. The third-order valence-corrected chi connectivity index (χ3v) is 3.74. The summed E-state index contributed by atoms with van der Waals surface area (Å²) in [6, 6.07) is 0. The highest BCUT2D eigenvalue weighted by atomic mass is 14.8. The van der Waals surface area contributed by atoms with Crippen molar-refractivity contribution in [1.82, 2.24) is 9.97 Å². The molecule has 0 spiro atoms. The zero-order chi connectivity index (χ0) is 12.6. The molecule has 0 aliphatic carbocycles. The van der Waals surface area contributed by atoms with Gasteiger partial charge in [0.25, 0.3) is 0 Å². The van der Waals surface area contributed by atoms with Gasteiger partial charge < -0.3 is 0 Å². The fourth-order valence-electron chi connectivity index (χ4n) is 1.61. The Morgan fingerprint density at radius 2 is 1.44 bits per heavy atom. The molecule has 0 N–H and O–H groups in total. The van der Waals surface area contributed by atoms with Gasteiger partial charge in [-0.05, 0) is 11.3 Å². The molecule has 1 aromatic heterocycles. The predicted octanol–water partition coefficient (Wildman–Crippen LogP) is 3.92. The largest absolute Gasteiger partial charge is 0.257 e. The van der Waals surface area contributed by atoms with Crippen LogP contribution < -0.4 is 0 Å². The predicted molar refractivity (Wildman–Crippen MR) is 68.6 cm³/mol. The van der Waals surface area contributed by atoms with E-state index in [1.54, 1.807) is 12.4 Å². The highest BCUT2D eigenvalue weighted by molar-refractivity contribution is 5.25. The fraction of sp³-hybridized carbons (Fsp3) is 0.714. The lowest BCUT2D eigenvalue weighted by Gasteiger charge is -2.39. The van der Waals surface area contributed by atoms with Crippen LogP contribution in [0.4, 0.5) is 0 Å². The van der Waals surface area contributed by atoms with Crippen LogP contribution in [0.3, 0.4) is 0 Å². The maximum absolute atomic E-state index is 4.58. The molecule has 0 saturated carbocycles. The zero-order valence-electron chi connectivity index (χ0n) is 11.6. The molecular formula is C14H24N2. The van der Waals surface area contributed by atoms with Crippen molar-refractivity contribution < 1.29 is 0 Å². The molecule has 0 fully saturated rings. The highest BCUT2D eigenvalue weighted by Gasteiger charge is 2.38. The van der Waals surface area contributed by atoms with E-state index < -0.39 is 0 Å². The summed E-state index contributed by atoms with van der Waals surface area (Å²) in [4.78, 5) is 9.07. The summed E-state index contributed by atoms with van der Waals surface area (Å²) in [5.41, 5.74) is 2.47. The third-order valence-electron chi connectivity index (χ3n) is 3.74. The Hall–Kier alpha value is -0.920. The van der Waals surface area contributed by atoms with Crippen LogP contribution in [0.5, 0.6) is 0 Å². The van der Waals surface area contributed by atoms with E-state index in [0.717, 1.165) is 11.4 Å². The van der Waals surface area contributed by atoms with Crippen LogP contribution in [0.15, 0.2) is 12.4 Å². The van der Waals surface area contributed by atoms with Gasteiger partial charge in [-0.3, -0.25) is 9.97 Å². The molecule has 1 aromatic rings. The smallest absolute Gasteiger partial charge is 0.0682 e. The van der Waals surface area contributed by atoms with Crippen molar-refractivity contribution in [2.75, 3.05) is 0 Å². The summed E-state index contributed by atoms with van der Waals surface area (Å²) >= 11 is 0. The quantitative estimate of drug-likeness (QED) is 0.755. The summed E-state index contributed by atoms with van der Waals surface area (Å²) in [6.45, 7) is 15.6. The van der Waals surface area contributed by atoms with E-state index >= 15 is 0 Å². The summed E-state index contributed by atoms with van der Waals surface area (Å²) in [6.07, 6.45) is 3.59. The minimum Gasteiger partial charge on any atom is -0.257 e. The van der Waals surface area contributed by atoms with Crippen LogP contribution in [0.1, 0.15) is 65.8 Å². The number of hydrogen-bond acceptors (Lipinski definition) is 2. The lowest BCUT2D eigenvalue weighted by Crippen LogP contribution is -2.36. The Morgan fingerprint density at radius 1 is 0.938 bits per heavy atom. The Bertz CT molecular complexity index is 359. The van der Waals surface area contributed by atoms with Crippen LogP contribution in [-0.2, 0) is 5.41 Å². The van der Waals surface area contributed by atoms with Gasteiger partial charge in [0, 0.05) is 17.8 Å². The first-order valence-electron chi connectivity index (χ1n) is 5.99. The van der Waals surface area contributed by atoms with E-state index in [0.29, 0.717) is 5.92 Å². The number of nitrogens with zero attached hydrogens (tertiary/aromatic N) is 2. The van der Waals surface area contributed by atoms with Gasteiger partial charge in [0.2, 0.25) is 0 Å². The van der Waals surface area contributed by atoms with Crippen molar-refractivity contribution in [3.05, 3.63) is 23.8 Å². The molecule has 0 aromatic carbocycles. The van der Waals surface area contributed by atoms with Crippen molar-refractivity contribution in [3.8, 4) is 0 Å². The lowest BCUT2D eigenvalue weighted by molar-refractivity contribution is 0.217. The van der Waals surface area contributed by atoms with Gasteiger partial charge in [0.05, 0.1) is 11.4 Å². The Kier molecular flexibility index (Phi) is 3.41. The summed E-state index contributed by atoms with van der Waals surface area (Å²) < 4.78 is 0. The van der Waals surface area contributed by atoms with Crippen LogP contribution >= 0.6 is 0 Å². The topological polar surface area (TPSA) is 25.8 Å². The van der Waals surface area contributed by atoms with Gasteiger partial charge in [-0.2, -0.15) is 0 Å². The molecule has 0 aliphatic heterocycles. The molecule has 16 heavy (non-hydrogen) atoms. The third kappa shape index (κ3) is 2.26. The van der Waals surface area contributed by atoms with Gasteiger partial charge in [-0.1, -0.05) is 48.5 Å². The first-order chi connectivity index (χ1) is 7.18. The Labute approximate surface area is 99.5 Å². The molecule has 0 saturated heterocycles. The van der Waals surface area contributed by atoms with Gasteiger partial charge in [0.15, 0.2) is 0 Å². The van der Waals surface area contributed by atoms with Gasteiger partial charge in [-0.15, -0.1) is 0 Å². The van der Waals surface area contributed by atoms with E-state index in [4.69, 9.17) is 0 Å². The molecule has 0 atom stereocenters. The number of aromatic nitrogens is 2. The lowest BCUT2D eigenvalue weighted by atomic mass is 9.66. The van der Waals surface area contributed by atoms with E-state index in [-0.39, 0.29) is 10.8 Å². The zero-order valence-corrected chi connectivity index (χ0v) is 11.6. The highest BCUT2D eigenvalue weighted by Crippen LogP contribution is 2.41. The van der Waals surface area contributed by atoms with Crippen LogP contribution in [0.25, 0.3) is 0 Å². The molecular weight excluding hydrogens is 196 g/mol. The SMILES string of the molecule is CC(C)c1nccnc1C(C)(C)C(C)(C)C. The van der Waals surface area contributed by atoms with Crippen molar-refractivity contribution in [3.63, 3.8) is 0 Å². The van der Waals surface area contributed by atoms with E-state index in [9.17, 15) is 0 Å². The molecule has 2 heteroatoms. The molecule has 90 valence electrons. The summed E-state index contributed by atoms with van der Waals surface area (Å²) in [7, 11) is 0. The van der Waals surface area contributed by atoms with Crippen molar-refractivity contribution in [2.45, 2.75) is 59.8 Å². The molecule has 0 amide bonds. The van der Waals surface area contributed by atoms with Crippen molar-refractivity contribution >= 4 is 0 Å². The summed E-state index contributed by atoms with van der Waals surface area (Å²) in [5.74, 6) is 0.422. The average Bonchev–Trinajstić information content (AvgIpc) is 2.16. The normalized spacial score (nSPS) is 13.2. The van der Waals surface area contributed by atoms with E-state index in [1.807, 2.05) is 0 Å². The van der Waals surface area contributed by atoms with Gasteiger partial charge in [0.1, 0.15) is 0 Å². The Balaban J connectivity index is 3.33. The standard InChI is InChI=1S/C14H24N2/c1-10(2)11-12(16-9-8-15-11)14(6,7)13(3,4)5/h8-10H,1-7H3. The molecule has 0 bridgehead atoms. The van der Waals surface area contributed by atoms with Crippen molar-refractivity contribution in [1.29, 1.82) is 0 Å². The minimum atomic E-state index is 0.0286. The van der Waals surface area contributed by atoms with Gasteiger partial charge in [-0.25, -0.2) is 0 Å². The van der Waals surface area contributed by atoms with Crippen LogP contribution in [0.2, 0.25) is 0 Å². The molecule has 0 aliphatic rings. The number of hydrogen-bond donors (Lipinski definition) is 0. The second-order valence-corrected chi connectivity index (χ2v) is 6.32. The fourth-order valence-corrected chi connectivity index (χ4v) is 1.61. The first kappa shape index (κ1) is 13.1. The molecule has 0 radical (unpaired) electrons. The van der Waals surface area contributed by atoms with Gasteiger partial charge >= 0.3 is 0 Å². The maximum Gasteiger partial charge on any atom is 0.0682 e.